The summed E-state index contributed by atoms with van der Waals surface area (Å²) in [7, 11) is 0. The second-order valence-corrected chi connectivity index (χ2v) is 4.26. The van der Waals surface area contributed by atoms with Crippen LogP contribution in [0.15, 0.2) is 23.6 Å². The summed E-state index contributed by atoms with van der Waals surface area (Å²) in [5, 5.41) is 3.44. The Morgan fingerprint density at radius 1 is 1.23 bits per heavy atom. The van der Waals surface area contributed by atoms with Gasteiger partial charge in [0.05, 0.1) is 11.3 Å². The van der Waals surface area contributed by atoms with E-state index in [-0.39, 0.29) is 0 Å². The van der Waals surface area contributed by atoms with Gasteiger partial charge in [0.1, 0.15) is 5.75 Å². The fourth-order valence-electron chi connectivity index (χ4n) is 1.84. The molecule has 0 aliphatic carbocycles. The van der Waals surface area contributed by atoms with Crippen molar-refractivity contribution in [2.75, 3.05) is 6.61 Å². The molecule has 0 amide bonds. The predicted octanol–water partition coefficient (Wildman–Crippen LogP) is 3.23. The Labute approximate surface area is 81.0 Å². The zero-order chi connectivity index (χ0) is 8.67. The quantitative estimate of drug-likeness (QED) is 0.619. The molecule has 0 N–H and O–H groups in total. The summed E-state index contributed by atoms with van der Waals surface area (Å²) in [6, 6.07) is 6.54. The number of benzene rings is 1. The van der Waals surface area contributed by atoms with Gasteiger partial charge in [0.25, 0.3) is 0 Å². The van der Waals surface area contributed by atoms with Crippen molar-refractivity contribution in [3.63, 3.8) is 0 Å². The van der Waals surface area contributed by atoms with Gasteiger partial charge in [-0.05, 0) is 35.2 Å². The van der Waals surface area contributed by atoms with Crippen LogP contribution in [0.4, 0.5) is 0 Å². The van der Waals surface area contributed by atoms with Crippen LogP contribution in [-0.2, 0) is 6.42 Å². The van der Waals surface area contributed by atoms with Crippen molar-refractivity contribution in [1.29, 1.82) is 0 Å². The fraction of sp³-hybridized carbons (Fsp3) is 0.273. The molecule has 13 heavy (non-hydrogen) atoms. The second-order valence-electron chi connectivity index (χ2n) is 3.34. The lowest BCUT2D eigenvalue weighted by Gasteiger charge is -2.17. The van der Waals surface area contributed by atoms with Crippen molar-refractivity contribution in [2.24, 2.45) is 0 Å². The zero-order valence-corrected chi connectivity index (χ0v) is 8.06. The van der Waals surface area contributed by atoms with Gasteiger partial charge >= 0.3 is 0 Å². The summed E-state index contributed by atoms with van der Waals surface area (Å²) in [6.07, 6.45) is 2.33. The van der Waals surface area contributed by atoms with Crippen LogP contribution in [0.1, 0.15) is 12.0 Å². The monoisotopic (exact) mass is 190 g/mol. The standard InChI is InChI=1S/C11H10OS/c1-2-8-3-4-9-5-7-13-11(9)10(8)12-6-1/h3-5,7H,1-2,6H2. The molecule has 1 nitrogen and oxygen atoms in total. The third-order valence-corrected chi connectivity index (χ3v) is 3.42. The molecule has 2 aromatic rings. The molecule has 2 heterocycles. The van der Waals surface area contributed by atoms with Gasteiger partial charge in [-0.15, -0.1) is 11.3 Å². The van der Waals surface area contributed by atoms with Crippen molar-refractivity contribution in [1.82, 2.24) is 0 Å². The predicted molar refractivity (Wildman–Crippen MR) is 55.6 cm³/mol. The van der Waals surface area contributed by atoms with Crippen LogP contribution in [0.25, 0.3) is 10.1 Å². The van der Waals surface area contributed by atoms with Crippen molar-refractivity contribution in [3.05, 3.63) is 29.1 Å². The van der Waals surface area contributed by atoms with Crippen LogP contribution in [-0.4, -0.2) is 6.61 Å². The molecule has 0 spiro atoms. The van der Waals surface area contributed by atoms with E-state index in [0.717, 1.165) is 18.8 Å². The highest BCUT2D eigenvalue weighted by atomic mass is 32.1. The first-order valence-electron chi connectivity index (χ1n) is 4.57. The molecule has 3 rings (SSSR count). The van der Waals surface area contributed by atoms with Gasteiger partial charge in [-0.3, -0.25) is 0 Å². The summed E-state index contributed by atoms with van der Waals surface area (Å²) in [6.45, 7) is 0.879. The number of aryl methyl sites for hydroxylation is 1. The molecule has 0 fully saturated rings. The van der Waals surface area contributed by atoms with E-state index in [1.807, 2.05) is 0 Å². The molecular formula is C11H10OS. The Morgan fingerprint density at radius 3 is 3.23 bits per heavy atom. The third-order valence-electron chi connectivity index (χ3n) is 2.49. The largest absolute Gasteiger partial charge is 0.492 e. The topological polar surface area (TPSA) is 9.23 Å². The van der Waals surface area contributed by atoms with Crippen LogP contribution < -0.4 is 4.74 Å². The van der Waals surface area contributed by atoms with Crippen molar-refractivity contribution in [3.8, 4) is 5.75 Å². The van der Waals surface area contributed by atoms with Crippen molar-refractivity contribution >= 4 is 21.4 Å². The number of thiophene rings is 1. The first-order chi connectivity index (χ1) is 6.45. The molecule has 0 bridgehead atoms. The van der Waals surface area contributed by atoms with Gasteiger partial charge in [0.2, 0.25) is 0 Å². The lowest BCUT2D eigenvalue weighted by molar-refractivity contribution is 0.292. The maximum absolute atomic E-state index is 5.71. The number of hydrogen-bond acceptors (Lipinski definition) is 2. The van der Waals surface area contributed by atoms with E-state index in [9.17, 15) is 0 Å². The van der Waals surface area contributed by atoms with Crippen LogP contribution in [0.5, 0.6) is 5.75 Å². The Bertz CT molecular complexity index is 444. The summed E-state index contributed by atoms with van der Waals surface area (Å²) in [5.41, 5.74) is 1.38. The molecule has 0 unspecified atom stereocenters. The normalized spacial score (nSPS) is 15.4. The van der Waals surface area contributed by atoms with Gasteiger partial charge < -0.3 is 4.74 Å². The maximum atomic E-state index is 5.71. The summed E-state index contributed by atoms with van der Waals surface area (Å²) in [5.74, 6) is 1.14. The van der Waals surface area contributed by atoms with E-state index in [1.54, 1.807) is 11.3 Å². The number of hydrogen-bond donors (Lipinski definition) is 0. The summed E-state index contributed by atoms with van der Waals surface area (Å²) >= 11 is 1.78. The Balaban J connectivity index is 2.34. The average Bonchev–Trinajstić information content (AvgIpc) is 2.65. The van der Waals surface area contributed by atoms with E-state index < -0.39 is 0 Å². The lowest BCUT2D eigenvalue weighted by atomic mass is 10.1. The molecule has 0 atom stereocenters. The van der Waals surface area contributed by atoms with E-state index in [4.69, 9.17) is 4.74 Å². The van der Waals surface area contributed by atoms with Crippen LogP contribution in [0, 0.1) is 0 Å². The lowest BCUT2D eigenvalue weighted by Crippen LogP contribution is -2.07. The van der Waals surface area contributed by atoms with Gasteiger partial charge in [-0.25, -0.2) is 0 Å². The van der Waals surface area contributed by atoms with Gasteiger partial charge in [-0.2, -0.15) is 0 Å². The van der Waals surface area contributed by atoms with Crippen LogP contribution in [0.2, 0.25) is 0 Å². The van der Waals surface area contributed by atoms with Crippen molar-refractivity contribution < 1.29 is 4.74 Å². The van der Waals surface area contributed by atoms with Gasteiger partial charge in [0.15, 0.2) is 0 Å². The minimum atomic E-state index is 0.879. The van der Waals surface area contributed by atoms with E-state index >= 15 is 0 Å². The SMILES string of the molecule is c1cc2ccc3c(c2s1)OCCC3. The van der Waals surface area contributed by atoms with Crippen LogP contribution >= 0.6 is 11.3 Å². The van der Waals surface area contributed by atoms with Crippen LogP contribution in [0.3, 0.4) is 0 Å². The average molecular weight is 190 g/mol. The smallest absolute Gasteiger partial charge is 0.140 e. The van der Waals surface area contributed by atoms with E-state index in [2.05, 4.69) is 23.6 Å². The molecule has 0 saturated heterocycles. The minimum absolute atomic E-state index is 0.879. The molecule has 2 heteroatoms. The van der Waals surface area contributed by atoms with Gasteiger partial charge in [0, 0.05) is 0 Å². The highest BCUT2D eigenvalue weighted by Gasteiger charge is 2.13. The third kappa shape index (κ3) is 1.05. The number of fused-ring (bicyclic) bond motifs is 3. The fourth-order valence-corrected chi connectivity index (χ4v) is 2.76. The zero-order valence-electron chi connectivity index (χ0n) is 7.25. The highest BCUT2D eigenvalue weighted by molar-refractivity contribution is 7.17. The molecular weight excluding hydrogens is 180 g/mol. The molecule has 0 saturated carbocycles. The molecule has 1 aromatic heterocycles. The number of rotatable bonds is 0. The molecule has 66 valence electrons. The molecule has 0 radical (unpaired) electrons. The second kappa shape index (κ2) is 2.74. The Hall–Kier alpha value is -1.02. The van der Waals surface area contributed by atoms with Gasteiger partial charge in [-0.1, -0.05) is 12.1 Å². The Morgan fingerprint density at radius 2 is 2.23 bits per heavy atom. The van der Waals surface area contributed by atoms with E-state index in [0.29, 0.717) is 0 Å². The first kappa shape index (κ1) is 7.39. The molecule has 1 aromatic carbocycles. The maximum Gasteiger partial charge on any atom is 0.140 e. The van der Waals surface area contributed by atoms with Crippen molar-refractivity contribution in [2.45, 2.75) is 12.8 Å². The van der Waals surface area contributed by atoms with E-state index in [1.165, 1.54) is 22.1 Å². The highest BCUT2D eigenvalue weighted by Crippen LogP contribution is 2.36. The molecule has 1 aliphatic heterocycles. The number of ether oxygens (including phenoxy) is 1. The summed E-state index contributed by atoms with van der Waals surface area (Å²) < 4.78 is 7.02. The summed E-state index contributed by atoms with van der Waals surface area (Å²) in [4.78, 5) is 0. The minimum Gasteiger partial charge on any atom is -0.492 e. The Kier molecular flexibility index (Phi) is 1.56. The molecule has 1 aliphatic rings. The first-order valence-corrected chi connectivity index (χ1v) is 5.45.